The number of alkyl halides is 3. The molecule has 0 fully saturated rings. The molecule has 1 atom stereocenters. The standard InChI is InChI=1S/C15H20F3NO/c1-4-9-19-12(3)11(2)10-13-7-5-6-8-14(13)20-15(16,17)18/h5-8,10,12,19H,4,9H2,1-3H3/b11-10+. The molecular weight excluding hydrogens is 267 g/mol. The fraction of sp³-hybridized carbons (Fsp3) is 0.467. The maximum Gasteiger partial charge on any atom is 0.573 e. The summed E-state index contributed by atoms with van der Waals surface area (Å²) < 4.78 is 41.0. The van der Waals surface area contributed by atoms with Crippen molar-refractivity contribution in [2.75, 3.05) is 6.54 Å². The molecule has 0 aliphatic heterocycles. The van der Waals surface area contributed by atoms with Gasteiger partial charge in [0.05, 0.1) is 0 Å². The van der Waals surface area contributed by atoms with Crippen LogP contribution in [0.2, 0.25) is 0 Å². The first kappa shape index (κ1) is 16.6. The van der Waals surface area contributed by atoms with Gasteiger partial charge in [-0.1, -0.05) is 36.8 Å². The van der Waals surface area contributed by atoms with E-state index in [0.29, 0.717) is 5.56 Å². The molecule has 1 rings (SSSR count). The zero-order valence-electron chi connectivity index (χ0n) is 11.9. The van der Waals surface area contributed by atoms with E-state index in [4.69, 9.17) is 0 Å². The van der Waals surface area contributed by atoms with E-state index in [9.17, 15) is 13.2 Å². The first-order chi connectivity index (χ1) is 9.33. The molecule has 1 N–H and O–H groups in total. The topological polar surface area (TPSA) is 21.3 Å². The molecule has 0 spiro atoms. The van der Waals surface area contributed by atoms with Crippen LogP contribution in [0.25, 0.3) is 6.08 Å². The van der Waals surface area contributed by atoms with Crippen molar-refractivity contribution >= 4 is 6.08 Å². The smallest absolute Gasteiger partial charge is 0.405 e. The minimum absolute atomic E-state index is 0.105. The lowest BCUT2D eigenvalue weighted by Crippen LogP contribution is -2.27. The molecule has 0 aliphatic carbocycles. The highest BCUT2D eigenvalue weighted by atomic mass is 19.4. The van der Waals surface area contributed by atoms with Crippen LogP contribution in [-0.2, 0) is 0 Å². The summed E-state index contributed by atoms with van der Waals surface area (Å²) in [6.45, 7) is 6.80. The summed E-state index contributed by atoms with van der Waals surface area (Å²) in [4.78, 5) is 0. The van der Waals surface area contributed by atoms with Gasteiger partial charge in [-0.15, -0.1) is 13.2 Å². The van der Waals surface area contributed by atoms with Gasteiger partial charge in [-0.05, 0) is 32.9 Å². The molecular formula is C15H20F3NO. The summed E-state index contributed by atoms with van der Waals surface area (Å²) >= 11 is 0. The molecule has 0 amide bonds. The highest BCUT2D eigenvalue weighted by Gasteiger charge is 2.31. The summed E-state index contributed by atoms with van der Waals surface area (Å²) in [7, 11) is 0. The average molecular weight is 287 g/mol. The summed E-state index contributed by atoms with van der Waals surface area (Å²) in [5.41, 5.74) is 1.38. The van der Waals surface area contributed by atoms with Crippen molar-refractivity contribution in [3.05, 3.63) is 35.4 Å². The second-order valence-corrected chi connectivity index (χ2v) is 4.65. The number of nitrogens with one attached hydrogen (secondary N) is 1. The molecule has 5 heteroatoms. The number of benzene rings is 1. The number of hydrogen-bond donors (Lipinski definition) is 1. The zero-order chi connectivity index (χ0) is 15.2. The van der Waals surface area contributed by atoms with Gasteiger partial charge in [0.25, 0.3) is 0 Å². The second-order valence-electron chi connectivity index (χ2n) is 4.65. The van der Waals surface area contributed by atoms with Crippen molar-refractivity contribution in [3.63, 3.8) is 0 Å². The van der Waals surface area contributed by atoms with E-state index in [1.807, 2.05) is 13.8 Å². The Hall–Kier alpha value is -1.49. The van der Waals surface area contributed by atoms with Crippen LogP contribution in [0, 0.1) is 0 Å². The molecule has 0 aromatic heterocycles. The lowest BCUT2D eigenvalue weighted by atomic mass is 10.1. The zero-order valence-corrected chi connectivity index (χ0v) is 11.9. The summed E-state index contributed by atoms with van der Waals surface area (Å²) in [5.74, 6) is -0.179. The van der Waals surface area contributed by atoms with Crippen molar-refractivity contribution in [1.82, 2.24) is 5.32 Å². The fourth-order valence-corrected chi connectivity index (χ4v) is 1.71. The van der Waals surface area contributed by atoms with Gasteiger partial charge in [0.1, 0.15) is 5.75 Å². The highest BCUT2D eigenvalue weighted by Crippen LogP contribution is 2.28. The van der Waals surface area contributed by atoms with Crippen LogP contribution in [-0.4, -0.2) is 18.9 Å². The molecule has 1 aromatic carbocycles. The molecule has 0 saturated carbocycles. The molecule has 20 heavy (non-hydrogen) atoms. The van der Waals surface area contributed by atoms with Crippen LogP contribution >= 0.6 is 0 Å². The van der Waals surface area contributed by atoms with Crippen molar-refractivity contribution in [2.24, 2.45) is 0 Å². The number of rotatable bonds is 6. The predicted octanol–water partition coefficient (Wildman–Crippen LogP) is 4.38. The third-order valence-corrected chi connectivity index (χ3v) is 2.91. The quantitative estimate of drug-likeness (QED) is 0.838. The number of ether oxygens (including phenoxy) is 1. The first-order valence-electron chi connectivity index (χ1n) is 6.60. The largest absolute Gasteiger partial charge is 0.573 e. The Morgan fingerprint density at radius 3 is 2.60 bits per heavy atom. The Morgan fingerprint density at radius 1 is 1.35 bits per heavy atom. The van der Waals surface area contributed by atoms with Gasteiger partial charge in [-0.25, -0.2) is 0 Å². The first-order valence-corrected chi connectivity index (χ1v) is 6.60. The van der Waals surface area contributed by atoms with Gasteiger partial charge in [0, 0.05) is 11.6 Å². The Kier molecular flexibility index (Phi) is 6.07. The molecule has 112 valence electrons. The van der Waals surface area contributed by atoms with Crippen molar-refractivity contribution in [3.8, 4) is 5.75 Å². The molecule has 1 aromatic rings. The lowest BCUT2D eigenvalue weighted by Gasteiger charge is -2.15. The van der Waals surface area contributed by atoms with Crippen LogP contribution in [0.15, 0.2) is 29.8 Å². The molecule has 0 aliphatic rings. The molecule has 2 nitrogen and oxygen atoms in total. The molecule has 1 unspecified atom stereocenters. The minimum atomic E-state index is -4.68. The number of para-hydroxylation sites is 1. The average Bonchev–Trinajstić information content (AvgIpc) is 2.36. The molecule has 0 heterocycles. The van der Waals surface area contributed by atoms with Gasteiger partial charge >= 0.3 is 6.36 Å². The third kappa shape index (κ3) is 5.65. The molecule has 0 radical (unpaired) electrons. The predicted molar refractivity (Wildman–Crippen MR) is 74.5 cm³/mol. The van der Waals surface area contributed by atoms with E-state index in [2.05, 4.69) is 17.0 Å². The van der Waals surface area contributed by atoms with E-state index in [1.165, 1.54) is 12.1 Å². The van der Waals surface area contributed by atoms with Crippen LogP contribution in [0.1, 0.15) is 32.8 Å². The van der Waals surface area contributed by atoms with E-state index >= 15 is 0 Å². The van der Waals surface area contributed by atoms with E-state index in [0.717, 1.165) is 18.5 Å². The summed E-state index contributed by atoms with van der Waals surface area (Å²) in [5, 5.41) is 3.29. The monoisotopic (exact) mass is 287 g/mol. The van der Waals surface area contributed by atoms with Gasteiger partial charge in [0.2, 0.25) is 0 Å². The molecule has 0 bridgehead atoms. The fourth-order valence-electron chi connectivity index (χ4n) is 1.71. The van der Waals surface area contributed by atoms with Crippen LogP contribution < -0.4 is 10.1 Å². The summed E-state index contributed by atoms with van der Waals surface area (Å²) in [6, 6.07) is 6.24. The van der Waals surface area contributed by atoms with Crippen molar-refractivity contribution in [1.29, 1.82) is 0 Å². The van der Waals surface area contributed by atoms with Gasteiger partial charge < -0.3 is 10.1 Å². The highest BCUT2D eigenvalue weighted by molar-refractivity contribution is 5.60. The Bertz CT molecular complexity index is 455. The lowest BCUT2D eigenvalue weighted by molar-refractivity contribution is -0.274. The number of hydrogen-bond acceptors (Lipinski definition) is 2. The van der Waals surface area contributed by atoms with E-state index < -0.39 is 6.36 Å². The normalized spacial score (nSPS) is 14.2. The van der Waals surface area contributed by atoms with Crippen LogP contribution in [0.4, 0.5) is 13.2 Å². The minimum Gasteiger partial charge on any atom is -0.405 e. The van der Waals surface area contributed by atoms with Gasteiger partial charge in [0.15, 0.2) is 0 Å². The Balaban J connectivity index is 2.90. The maximum absolute atomic E-state index is 12.3. The van der Waals surface area contributed by atoms with E-state index in [1.54, 1.807) is 18.2 Å². The SMILES string of the molecule is CCCNC(C)/C(C)=C/c1ccccc1OC(F)(F)F. The maximum atomic E-state index is 12.3. The van der Waals surface area contributed by atoms with Crippen molar-refractivity contribution in [2.45, 2.75) is 39.6 Å². The van der Waals surface area contributed by atoms with Gasteiger partial charge in [-0.3, -0.25) is 0 Å². The van der Waals surface area contributed by atoms with E-state index in [-0.39, 0.29) is 11.8 Å². The van der Waals surface area contributed by atoms with Gasteiger partial charge in [-0.2, -0.15) is 0 Å². The van der Waals surface area contributed by atoms with Crippen LogP contribution in [0.5, 0.6) is 5.75 Å². The second kappa shape index (κ2) is 7.33. The Labute approximate surface area is 117 Å². The van der Waals surface area contributed by atoms with Crippen LogP contribution in [0.3, 0.4) is 0 Å². The molecule has 0 saturated heterocycles. The third-order valence-electron chi connectivity index (χ3n) is 2.91. The van der Waals surface area contributed by atoms with Crippen molar-refractivity contribution < 1.29 is 17.9 Å². The summed E-state index contributed by atoms with van der Waals surface area (Å²) in [6.07, 6.45) is -1.95. The Morgan fingerprint density at radius 2 is 2.00 bits per heavy atom. The number of halogens is 3.